The van der Waals surface area contributed by atoms with Crippen LogP contribution in [0, 0.1) is 12.8 Å². The summed E-state index contributed by atoms with van der Waals surface area (Å²) in [4.78, 5) is 26.2. The summed E-state index contributed by atoms with van der Waals surface area (Å²) < 4.78 is 18.5. The molecule has 2 aliphatic rings. The van der Waals surface area contributed by atoms with Gasteiger partial charge in [-0.05, 0) is 50.6 Å². The van der Waals surface area contributed by atoms with Gasteiger partial charge in [-0.1, -0.05) is 30.3 Å². The Hall–Kier alpha value is -4.06. The van der Waals surface area contributed by atoms with E-state index in [1.165, 1.54) is 6.26 Å². The molecule has 182 valence electrons. The van der Waals surface area contributed by atoms with Crippen molar-refractivity contribution in [2.45, 2.75) is 38.7 Å². The van der Waals surface area contributed by atoms with Gasteiger partial charge < -0.3 is 19.0 Å². The number of hydrogen-bond donors (Lipinski definition) is 1. The van der Waals surface area contributed by atoms with E-state index in [0.29, 0.717) is 45.8 Å². The van der Waals surface area contributed by atoms with E-state index in [1.54, 1.807) is 31.2 Å². The molecule has 2 atom stereocenters. The number of phenolic OH excluding ortho intramolecular Hbond substituents is 1. The fourth-order valence-electron chi connectivity index (χ4n) is 5.59. The van der Waals surface area contributed by atoms with Crippen LogP contribution in [-0.2, 0) is 6.42 Å². The molecule has 0 fully saturated rings. The van der Waals surface area contributed by atoms with Crippen LogP contribution in [0.4, 0.5) is 0 Å². The molecule has 2 aliphatic heterocycles. The highest BCUT2D eigenvalue weighted by atomic mass is 16.5. The number of aromatic hydroxyl groups is 1. The van der Waals surface area contributed by atoms with Crippen molar-refractivity contribution in [2.75, 3.05) is 6.61 Å². The van der Waals surface area contributed by atoms with E-state index in [0.717, 1.165) is 5.56 Å². The second-order valence-electron chi connectivity index (χ2n) is 10.2. The molecule has 36 heavy (non-hydrogen) atoms. The van der Waals surface area contributed by atoms with Crippen LogP contribution in [0.15, 0.2) is 70.1 Å². The Balaban J connectivity index is 1.57. The largest absolute Gasteiger partial charge is 0.507 e. The number of benzene rings is 3. The Bertz CT molecular complexity index is 1580. The van der Waals surface area contributed by atoms with Gasteiger partial charge in [-0.3, -0.25) is 9.59 Å². The van der Waals surface area contributed by atoms with Gasteiger partial charge in [0.25, 0.3) is 0 Å². The zero-order chi connectivity index (χ0) is 25.2. The summed E-state index contributed by atoms with van der Waals surface area (Å²) >= 11 is 0. The maximum atomic E-state index is 13.3. The fraction of sp³-hybridized carbons (Fsp3) is 0.267. The number of hydrogen-bond acceptors (Lipinski definition) is 6. The standard InChI is InChI=1S/C30H26O6/c1-16-14-35-29-19(27(16)32)10-11-22-26(29)24-20(15-34-22)30(2,3)36-23-12-9-18(28(33)25(23)24)21(31)13-17-7-5-4-6-8-17/h4-12,14,20,24,33H,13,15H2,1-3H3/t20-,24+/m0/s1. The van der Waals surface area contributed by atoms with Gasteiger partial charge in [-0.25, -0.2) is 0 Å². The van der Waals surface area contributed by atoms with E-state index in [-0.39, 0.29) is 34.9 Å². The van der Waals surface area contributed by atoms with Gasteiger partial charge in [0.2, 0.25) is 0 Å². The molecule has 3 aromatic carbocycles. The van der Waals surface area contributed by atoms with E-state index in [1.807, 2.05) is 44.2 Å². The predicted octanol–water partition coefficient (Wildman–Crippen LogP) is 5.54. The molecule has 6 rings (SSSR count). The number of carbonyl (C=O) groups is 1. The highest BCUT2D eigenvalue weighted by Gasteiger charge is 2.50. The number of aryl methyl sites for hydroxylation is 1. The number of carbonyl (C=O) groups excluding carboxylic acids is 1. The van der Waals surface area contributed by atoms with Gasteiger partial charge in [0.05, 0.1) is 23.8 Å². The van der Waals surface area contributed by atoms with Crippen LogP contribution < -0.4 is 14.9 Å². The van der Waals surface area contributed by atoms with Crippen LogP contribution in [0.3, 0.4) is 0 Å². The molecule has 6 heteroatoms. The molecule has 0 spiro atoms. The Morgan fingerprint density at radius 2 is 1.78 bits per heavy atom. The molecule has 3 heterocycles. The monoisotopic (exact) mass is 482 g/mol. The number of Topliss-reactive ketones (excluding diaryl/α,β-unsaturated/α-hetero) is 1. The van der Waals surface area contributed by atoms with Crippen molar-refractivity contribution in [1.29, 1.82) is 0 Å². The highest BCUT2D eigenvalue weighted by Crippen LogP contribution is 2.56. The first-order chi connectivity index (χ1) is 17.3. The molecule has 0 radical (unpaired) electrons. The molecule has 0 amide bonds. The Labute approximate surface area is 208 Å². The van der Waals surface area contributed by atoms with E-state index >= 15 is 0 Å². The highest BCUT2D eigenvalue weighted by molar-refractivity contribution is 6.01. The van der Waals surface area contributed by atoms with E-state index in [4.69, 9.17) is 13.9 Å². The van der Waals surface area contributed by atoms with Crippen LogP contribution in [0.5, 0.6) is 17.2 Å². The van der Waals surface area contributed by atoms with E-state index in [9.17, 15) is 14.7 Å². The van der Waals surface area contributed by atoms with Crippen LogP contribution >= 0.6 is 0 Å². The lowest BCUT2D eigenvalue weighted by atomic mass is 9.69. The minimum atomic E-state index is -0.634. The topological polar surface area (TPSA) is 86.0 Å². The van der Waals surface area contributed by atoms with Crippen LogP contribution in [0.2, 0.25) is 0 Å². The average Bonchev–Trinajstić information content (AvgIpc) is 2.86. The quantitative estimate of drug-likeness (QED) is 0.386. The molecule has 0 aliphatic carbocycles. The lowest BCUT2D eigenvalue weighted by Crippen LogP contribution is -2.49. The lowest BCUT2D eigenvalue weighted by molar-refractivity contribution is -0.0142. The summed E-state index contributed by atoms with van der Waals surface area (Å²) in [6.45, 7) is 6.04. The normalized spacial score (nSPS) is 19.4. The molecule has 4 aromatic rings. The first-order valence-electron chi connectivity index (χ1n) is 12.1. The molecular formula is C30H26O6. The van der Waals surface area contributed by atoms with Gasteiger partial charge in [-0.15, -0.1) is 0 Å². The number of ketones is 1. The number of fused-ring (bicyclic) bond motifs is 7. The van der Waals surface area contributed by atoms with Crippen LogP contribution in [0.1, 0.15) is 52.4 Å². The summed E-state index contributed by atoms with van der Waals surface area (Å²) in [6, 6.07) is 16.3. The Morgan fingerprint density at radius 1 is 1.03 bits per heavy atom. The number of ether oxygens (including phenoxy) is 2. The van der Waals surface area contributed by atoms with Crippen molar-refractivity contribution in [2.24, 2.45) is 5.92 Å². The van der Waals surface area contributed by atoms with Gasteiger partial charge in [0, 0.05) is 34.9 Å². The average molecular weight is 483 g/mol. The molecular weight excluding hydrogens is 456 g/mol. The van der Waals surface area contributed by atoms with Crippen LogP contribution in [-0.4, -0.2) is 23.1 Å². The van der Waals surface area contributed by atoms with Crippen molar-refractivity contribution < 1.29 is 23.8 Å². The van der Waals surface area contributed by atoms with Crippen LogP contribution in [0.25, 0.3) is 11.0 Å². The van der Waals surface area contributed by atoms with Crippen molar-refractivity contribution in [3.05, 3.63) is 98.9 Å². The predicted molar refractivity (Wildman–Crippen MR) is 135 cm³/mol. The molecule has 0 saturated carbocycles. The zero-order valence-electron chi connectivity index (χ0n) is 20.3. The SMILES string of the molecule is Cc1coc2c3c(ccc2c1=O)OC[C@H]1[C@@H]3c2c(ccc(C(=O)Cc3ccccc3)c2O)OC1(C)C. The summed E-state index contributed by atoms with van der Waals surface area (Å²) in [6.07, 6.45) is 1.63. The summed E-state index contributed by atoms with van der Waals surface area (Å²) in [5.41, 5.74) is 2.54. The molecule has 1 aromatic heterocycles. The third-order valence-electron chi connectivity index (χ3n) is 7.51. The molecule has 0 bridgehead atoms. The van der Waals surface area contributed by atoms with Crippen molar-refractivity contribution in [3.63, 3.8) is 0 Å². The summed E-state index contributed by atoms with van der Waals surface area (Å²) in [5.74, 6) is 0.231. The van der Waals surface area contributed by atoms with Gasteiger partial charge in [0.1, 0.15) is 28.4 Å². The van der Waals surface area contributed by atoms with E-state index in [2.05, 4.69) is 0 Å². The lowest BCUT2D eigenvalue weighted by Gasteiger charge is -2.47. The Morgan fingerprint density at radius 3 is 2.56 bits per heavy atom. The first-order valence-corrected chi connectivity index (χ1v) is 12.1. The Kier molecular flexibility index (Phi) is 4.97. The molecule has 1 N–H and O–H groups in total. The van der Waals surface area contributed by atoms with Gasteiger partial charge in [-0.2, -0.15) is 0 Å². The minimum Gasteiger partial charge on any atom is -0.507 e. The van der Waals surface area contributed by atoms with Crippen molar-refractivity contribution in [1.82, 2.24) is 0 Å². The summed E-state index contributed by atoms with van der Waals surface area (Å²) in [7, 11) is 0. The van der Waals surface area contributed by atoms with Gasteiger partial charge in [0.15, 0.2) is 11.2 Å². The zero-order valence-corrected chi connectivity index (χ0v) is 20.3. The number of rotatable bonds is 3. The smallest absolute Gasteiger partial charge is 0.195 e. The molecule has 0 saturated heterocycles. The minimum absolute atomic E-state index is 0.0988. The molecule has 6 nitrogen and oxygen atoms in total. The first kappa shape index (κ1) is 22.4. The second kappa shape index (κ2) is 7.98. The fourth-order valence-corrected chi connectivity index (χ4v) is 5.59. The molecule has 0 unspecified atom stereocenters. The van der Waals surface area contributed by atoms with Gasteiger partial charge >= 0.3 is 0 Å². The second-order valence-corrected chi connectivity index (χ2v) is 10.2. The van der Waals surface area contributed by atoms with Crippen molar-refractivity contribution >= 4 is 16.8 Å². The number of phenols is 1. The summed E-state index contributed by atoms with van der Waals surface area (Å²) in [5, 5.41) is 12.0. The van der Waals surface area contributed by atoms with Crippen molar-refractivity contribution in [3.8, 4) is 17.2 Å². The maximum Gasteiger partial charge on any atom is 0.195 e. The maximum absolute atomic E-state index is 13.3. The van der Waals surface area contributed by atoms with E-state index < -0.39 is 11.5 Å². The third kappa shape index (κ3) is 3.32. The third-order valence-corrected chi connectivity index (χ3v) is 7.51.